The van der Waals surface area contributed by atoms with Crippen LogP contribution in [0.2, 0.25) is 0 Å². The molecule has 0 bridgehead atoms. The predicted octanol–water partition coefficient (Wildman–Crippen LogP) is 6.92. The van der Waals surface area contributed by atoms with Crippen molar-refractivity contribution in [2.24, 2.45) is 0 Å². The highest BCUT2D eigenvalue weighted by molar-refractivity contribution is 5.69. The van der Waals surface area contributed by atoms with Gasteiger partial charge in [-0.15, -0.1) is 0 Å². The molecule has 0 spiro atoms. The molecule has 0 fully saturated rings. The van der Waals surface area contributed by atoms with E-state index in [9.17, 15) is 4.79 Å². The number of unbranched alkanes of at least 4 members (excludes halogenated alkanes) is 8. The lowest BCUT2D eigenvalue weighted by molar-refractivity contribution is -0.143. The lowest BCUT2D eigenvalue weighted by Gasteiger charge is -2.03. The fourth-order valence-corrected chi connectivity index (χ4v) is 2.26. The number of rotatable bonds is 16. The lowest BCUT2D eigenvalue weighted by atomic mass is 10.1. The van der Waals surface area contributed by atoms with Gasteiger partial charge in [0.05, 0.1) is 6.61 Å². The minimum atomic E-state index is -0.0260. The molecule has 0 atom stereocenters. The first-order valence-electron chi connectivity index (χ1n) is 9.95. The molecule has 0 saturated carbocycles. The normalized spacial score (nSPS) is 11.9. The summed E-state index contributed by atoms with van der Waals surface area (Å²) in [6, 6.07) is 0. The Hall–Kier alpha value is -1.31. The summed E-state index contributed by atoms with van der Waals surface area (Å²) in [5, 5.41) is 0. The fraction of sp³-hybridized carbons (Fsp3) is 0.682. The second-order valence-electron chi connectivity index (χ2n) is 6.26. The second kappa shape index (κ2) is 19.7. The lowest BCUT2D eigenvalue weighted by Crippen LogP contribution is -2.05. The number of esters is 1. The maximum absolute atomic E-state index is 11.4. The molecule has 0 heterocycles. The van der Waals surface area contributed by atoms with Crippen molar-refractivity contribution in [3.63, 3.8) is 0 Å². The Morgan fingerprint density at radius 3 is 1.96 bits per heavy atom. The van der Waals surface area contributed by atoms with E-state index in [2.05, 4.69) is 50.3 Å². The topological polar surface area (TPSA) is 26.3 Å². The zero-order valence-electron chi connectivity index (χ0n) is 16.0. The average molecular weight is 335 g/mol. The molecule has 0 saturated heterocycles. The molecule has 0 rings (SSSR count). The van der Waals surface area contributed by atoms with E-state index in [0.29, 0.717) is 13.0 Å². The van der Waals surface area contributed by atoms with Crippen molar-refractivity contribution in [3.8, 4) is 0 Å². The van der Waals surface area contributed by atoms with Crippen LogP contribution in [0.15, 0.2) is 36.5 Å². The van der Waals surface area contributed by atoms with Gasteiger partial charge in [-0.2, -0.15) is 0 Å². The van der Waals surface area contributed by atoms with Crippen molar-refractivity contribution >= 4 is 5.97 Å². The molecule has 138 valence electrons. The minimum Gasteiger partial charge on any atom is -0.466 e. The molecule has 24 heavy (non-hydrogen) atoms. The summed E-state index contributed by atoms with van der Waals surface area (Å²) in [5.41, 5.74) is 0. The number of carbonyl (C=O) groups is 1. The van der Waals surface area contributed by atoms with Gasteiger partial charge < -0.3 is 4.74 Å². The van der Waals surface area contributed by atoms with Crippen molar-refractivity contribution in [3.05, 3.63) is 36.5 Å². The second-order valence-corrected chi connectivity index (χ2v) is 6.26. The van der Waals surface area contributed by atoms with Crippen LogP contribution in [0.25, 0.3) is 0 Å². The van der Waals surface area contributed by atoms with Gasteiger partial charge in [-0.3, -0.25) is 4.79 Å². The molecular weight excluding hydrogens is 296 g/mol. The van der Waals surface area contributed by atoms with E-state index in [1.807, 2.05) is 0 Å². The van der Waals surface area contributed by atoms with Crippen LogP contribution in [0.4, 0.5) is 0 Å². The Morgan fingerprint density at radius 2 is 1.29 bits per heavy atom. The molecule has 0 radical (unpaired) electrons. The van der Waals surface area contributed by atoms with Crippen LogP contribution in [0.1, 0.15) is 90.9 Å². The van der Waals surface area contributed by atoms with Crippen LogP contribution in [0, 0.1) is 0 Å². The third-order valence-corrected chi connectivity index (χ3v) is 3.84. The van der Waals surface area contributed by atoms with E-state index in [0.717, 1.165) is 32.1 Å². The van der Waals surface area contributed by atoms with E-state index >= 15 is 0 Å². The zero-order valence-corrected chi connectivity index (χ0v) is 16.0. The third-order valence-electron chi connectivity index (χ3n) is 3.84. The molecular formula is C22H38O2. The molecule has 0 aliphatic heterocycles. The average Bonchev–Trinajstić information content (AvgIpc) is 2.58. The largest absolute Gasteiger partial charge is 0.466 e. The molecule has 0 aromatic rings. The van der Waals surface area contributed by atoms with Crippen LogP contribution in [-0.4, -0.2) is 12.6 Å². The van der Waals surface area contributed by atoms with E-state index < -0.39 is 0 Å². The van der Waals surface area contributed by atoms with Gasteiger partial charge in [0.1, 0.15) is 0 Å². The third kappa shape index (κ3) is 18.7. The molecule has 2 heteroatoms. The van der Waals surface area contributed by atoms with E-state index in [1.165, 1.54) is 38.5 Å². The molecule has 0 aromatic carbocycles. The summed E-state index contributed by atoms with van der Waals surface area (Å²) in [5.74, 6) is -0.0260. The predicted molar refractivity (Wildman–Crippen MR) is 105 cm³/mol. The molecule has 0 amide bonds. The van der Waals surface area contributed by atoms with Crippen molar-refractivity contribution in [2.45, 2.75) is 90.9 Å². The molecule has 0 aliphatic carbocycles. The number of hydrogen-bond donors (Lipinski definition) is 0. The Balaban J connectivity index is 3.32. The molecule has 2 nitrogen and oxygen atoms in total. The van der Waals surface area contributed by atoms with E-state index in [4.69, 9.17) is 4.74 Å². The van der Waals surface area contributed by atoms with Gasteiger partial charge in [-0.05, 0) is 32.1 Å². The van der Waals surface area contributed by atoms with Gasteiger partial charge in [0, 0.05) is 6.42 Å². The summed E-state index contributed by atoms with van der Waals surface area (Å²) in [6.45, 7) is 4.91. The van der Waals surface area contributed by atoms with Crippen molar-refractivity contribution in [2.75, 3.05) is 6.61 Å². The monoisotopic (exact) mass is 334 g/mol. The Kier molecular flexibility index (Phi) is 18.7. The van der Waals surface area contributed by atoms with Crippen LogP contribution in [-0.2, 0) is 9.53 Å². The highest BCUT2D eigenvalue weighted by Crippen LogP contribution is 2.08. The van der Waals surface area contributed by atoms with Crippen LogP contribution < -0.4 is 0 Å². The number of allylic oxidation sites excluding steroid dienone is 6. The highest BCUT2D eigenvalue weighted by atomic mass is 16.5. The Bertz CT molecular complexity index is 353. The first kappa shape index (κ1) is 22.7. The quantitative estimate of drug-likeness (QED) is 0.174. The van der Waals surface area contributed by atoms with Gasteiger partial charge in [-0.1, -0.05) is 88.8 Å². The molecule has 0 N–H and O–H groups in total. The fourth-order valence-electron chi connectivity index (χ4n) is 2.26. The van der Waals surface area contributed by atoms with Crippen molar-refractivity contribution < 1.29 is 9.53 Å². The number of ether oxygens (including phenoxy) is 1. The Morgan fingerprint density at radius 1 is 0.708 bits per heavy atom. The summed E-state index contributed by atoms with van der Waals surface area (Å²) >= 11 is 0. The molecule has 0 unspecified atom stereocenters. The summed E-state index contributed by atoms with van der Waals surface area (Å²) in [7, 11) is 0. The zero-order chi connectivity index (χ0) is 17.7. The smallest absolute Gasteiger partial charge is 0.305 e. The van der Waals surface area contributed by atoms with Gasteiger partial charge >= 0.3 is 5.97 Å². The van der Waals surface area contributed by atoms with Crippen molar-refractivity contribution in [1.29, 1.82) is 0 Å². The maximum Gasteiger partial charge on any atom is 0.305 e. The first-order chi connectivity index (χ1) is 11.8. The van der Waals surface area contributed by atoms with E-state index in [-0.39, 0.29) is 5.97 Å². The summed E-state index contributed by atoms with van der Waals surface area (Å²) in [6.07, 6.45) is 26.2. The number of carbonyl (C=O) groups excluding carboxylic acids is 1. The van der Waals surface area contributed by atoms with Crippen LogP contribution in [0.5, 0.6) is 0 Å². The Labute approximate surface area is 150 Å². The summed E-state index contributed by atoms with van der Waals surface area (Å²) in [4.78, 5) is 11.4. The van der Waals surface area contributed by atoms with Gasteiger partial charge in [0.2, 0.25) is 0 Å². The standard InChI is InChI=1S/C22H38O2/c1-3-5-7-8-9-10-11-12-13-14-15-16-17-18-19-20-22(23)24-21-6-4-2/h8-13H,3-7,14-21H2,1-2H3. The molecule has 0 aromatic heterocycles. The van der Waals surface area contributed by atoms with E-state index in [1.54, 1.807) is 0 Å². The van der Waals surface area contributed by atoms with Crippen LogP contribution in [0.3, 0.4) is 0 Å². The van der Waals surface area contributed by atoms with Crippen LogP contribution >= 0.6 is 0 Å². The molecule has 0 aliphatic rings. The van der Waals surface area contributed by atoms with Gasteiger partial charge in [0.25, 0.3) is 0 Å². The highest BCUT2D eigenvalue weighted by Gasteiger charge is 2.01. The summed E-state index contributed by atoms with van der Waals surface area (Å²) < 4.78 is 5.14. The number of hydrogen-bond acceptors (Lipinski definition) is 2. The van der Waals surface area contributed by atoms with Gasteiger partial charge in [-0.25, -0.2) is 0 Å². The van der Waals surface area contributed by atoms with Crippen molar-refractivity contribution in [1.82, 2.24) is 0 Å². The van der Waals surface area contributed by atoms with Gasteiger partial charge in [0.15, 0.2) is 0 Å². The first-order valence-corrected chi connectivity index (χ1v) is 9.95. The SMILES string of the molecule is CCCCC=CC=CC=CCCCCCCCC(=O)OCCCC. The minimum absolute atomic E-state index is 0.0260. The maximum atomic E-state index is 11.4.